The Bertz CT molecular complexity index is 711. The molecule has 0 saturated heterocycles. The molecular weight excluding hydrogens is 350 g/mol. The molecule has 1 atom stereocenters. The lowest BCUT2D eigenvalue weighted by atomic mass is 10.1. The van der Waals surface area contributed by atoms with E-state index in [-0.39, 0.29) is 6.04 Å². The number of nitrogens with one attached hydrogen (secondary N) is 1. The van der Waals surface area contributed by atoms with E-state index in [0.717, 1.165) is 20.8 Å². The molecule has 0 aliphatic rings. The highest BCUT2D eigenvalue weighted by Gasteiger charge is 2.20. The van der Waals surface area contributed by atoms with E-state index in [0.29, 0.717) is 11.8 Å². The van der Waals surface area contributed by atoms with Crippen molar-refractivity contribution >= 4 is 27.3 Å². The zero-order valence-electron chi connectivity index (χ0n) is 11.4. The first kappa shape index (κ1) is 14.4. The van der Waals surface area contributed by atoms with Crippen molar-refractivity contribution < 1.29 is 4.42 Å². The molecule has 1 unspecified atom stereocenters. The van der Waals surface area contributed by atoms with E-state index in [1.54, 1.807) is 11.3 Å². The van der Waals surface area contributed by atoms with Crippen molar-refractivity contribution in [2.75, 3.05) is 6.54 Å². The largest absolute Gasteiger partial charge is 0.418 e. The number of thiophene rings is 1. The lowest BCUT2D eigenvalue weighted by Crippen LogP contribution is -2.22. The molecule has 1 aromatic carbocycles. The van der Waals surface area contributed by atoms with Crippen LogP contribution in [-0.4, -0.2) is 16.7 Å². The second-order valence-electron chi connectivity index (χ2n) is 4.45. The molecule has 3 aromatic rings. The maximum Gasteiger partial charge on any atom is 0.257 e. The van der Waals surface area contributed by atoms with Crippen LogP contribution in [-0.2, 0) is 0 Å². The van der Waals surface area contributed by atoms with E-state index >= 15 is 0 Å². The van der Waals surface area contributed by atoms with Crippen molar-refractivity contribution in [2.24, 2.45) is 0 Å². The van der Waals surface area contributed by atoms with Crippen molar-refractivity contribution in [3.05, 3.63) is 57.7 Å². The third kappa shape index (κ3) is 3.23. The maximum atomic E-state index is 5.86. The van der Waals surface area contributed by atoms with Gasteiger partial charge in [-0.3, -0.25) is 0 Å². The average Bonchev–Trinajstić information content (AvgIpc) is 3.14. The number of halogens is 1. The molecule has 2 aromatic heterocycles. The molecule has 3 rings (SSSR count). The van der Waals surface area contributed by atoms with Crippen LogP contribution in [0.3, 0.4) is 0 Å². The standard InChI is InChI=1S/C15H14BrN3OS/c1-2-17-13(10-6-4-3-5-7-10)15-19-18-14(20-15)11-8-9-12(16)21-11/h3-9,13,17H,2H2,1H3. The lowest BCUT2D eigenvalue weighted by molar-refractivity contribution is 0.445. The van der Waals surface area contributed by atoms with Gasteiger partial charge in [0.1, 0.15) is 6.04 Å². The summed E-state index contributed by atoms with van der Waals surface area (Å²) in [4.78, 5) is 0.962. The molecule has 0 fully saturated rings. The van der Waals surface area contributed by atoms with Gasteiger partial charge in [-0.2, -0.15) is 0 Å². The van der Waals surface area contributed by atoms with Crippen LogP contribution in [0.2, 0.25) is 0 Å². The first-order valence-corrected chi connectivity index (χ1v) is 8.26. The van der Waals surface area contributed by atoms with Crippen molar-refractivity contribution in [1.82, 2.24) is 15.5 Å². The molecule has 108 valence electrons. The molecule has 0 aliphatic heterocycles. The van der Waals surface area contributed by atoms with Crippen molar-refractivity contribution in [3.8, 4) is 10.8 Å². The Hall–Kier alpha value is -1.50. The number of hydrogen-bond donors (Lipinski definition) is 1. The van der Waals surface area contributed by atoms with E-state index in [1.807, 2.05) is 30.3 Å². The van der Waals surface area contributed by atoms with Gasteiger partial charge in [-0.15, -0.1) is 21.5 Å². The molecule has 6 heteroatoms. The molecule has 0 aliphatic carbocycles. The predicted molar refractivity (Wildman–Crippen MR) is 87.3 cm³/mol. The van der Waals surface area contributed by atoms with Gasteiger partial charge in [-0.05, 0) is 40.2 Å². The van der Waals surface area contributed by atoms with Gasteiger partial charge in [0, 0.05) is 0 Å². The predicted octanol–water partition coefficient (Wildman–Crippen LogP) is 4.26. The van der Waals surface area contributed by atoms with Crippen LogP contribution in [0, 0.1) is 0 Å². The second-order valence-corrected chi connectivity index (χ2v) is 6.91. The molecule has 2 heterocycles. The number of benzene rings is 1. The van der Waals surface area contributed by atoms with E-state index in [2.05, 4.69) is 50.5 Å². The SMILES string of the molecule is CCNC(c1ccccc1)c1nnc(-c2ccc(Br)s2)o1. The smallest absolute Gasteiger partial charge is 0.257 e. The zero-order valence-corrected chi connectivity index (χ0v) is 13.8. The molecule has 1 N–H and O–H groups in total. The van der Waals surface area contributed by atoms with Gasteiger partial charge in [0.2, 0.25) is 5.89 Å². The van der Waals surface area contributed by atoms with Crippen LogP contribution >= 0.6 is 27.3 Å². The number of hydrogen-bond acceptors (Lipinski definition) is 5. The number of nitrogens with zero attached hydrogens (tertiary/aromatic N) is 2. The third-order valence-corrected chi connectivity index (χ3v) is 4.62. The molecule has 0 amide bonds. The Kier molecular flexibility index (Phi) is 4.48. The Morgan fingerprint density at radius 3 is 2.67 bits per heavy atom. The van der Waals surface area contributed by atoms with Crippen LogP contribution in [0.25, 0.3) is 10.8 Å². The van der Waals surface area contributed by atoms with Gasteiger partial charge >= 0.3 is 0 Å². The summed E-state index contributed by atoms with van der Waals surface area (Å²) in [5.41, 5.74) is 1.11. The minimum Gasteiger partial charge on any atom is -0.418 e. The molecule has 4 nitrogen and oxygen atoms in total. The van der Waals surface area contributed by atoms with E-state index in [1.165, 1.54) is 0 Å². The first-order chi connectivity index (χ1) is 10.3. The Morgan fingerprint density at radius 2 is 2.00 bits per heavy atom. The summed E-state index contributed by atoms with van der Waals surface area (Å²) in [6.45, 7) is 2.88. The Morgan fingerprint density at radius 1 is 1.19 bits per heavy atom. The highest BCUT2D eigenvalue weighted by Crippen LogP contribution is 2.31. The summed E-state index contributed by atoms with van der Waals surface area (Å²) in [6, 6.07) is 14.0. The summed E-state index contributed by atoms with van der Waals surface area (Å²) in [5.74, 6) is 1.14. The summed E-state index contributed by atoms with van der Waals surface area (Å²) < 4.78 is 6.90. The second kappa shape index (κ2) is 6.51. The normalized spacial score (nSPS) is 12.5. The average molecular weight is 364 g/mol. The van der Waals surface area contributed by atoms with Gasteiger partial charge in [-0.1, -0.05) is 37.3 Å². The molecule has 0 radical (unpaired) electrons. The van der Waals surface area contributed by atoms with Crippen LogP contribution in [0.1, 0.15) is 24.4 Å². The topological polar surface area (TPSA) is 51.0 Å². The van der Waals surface area contributed by atoms with Gasteiger partial charge in [-0.25, -0.2) is 0 Å². The quantitative estimate of drug-likeness (QED) is 0.735. The van der Waals surface area contributed by atoms with Gasteiger partial charge < -0.3 is 9.73 Å². The Labute approximate surface area is 135 Å². The maximum absolute atomic E-state index is 5.86. The minimum absolute atomic E-state index is 0.0825. The van der Waals surface area contributed by atoms with Crippen LogP contribution in [0.4, 0.5) is 0 Å². The van der Waals surface area contributed by atoms with Crippen molar-refractivity contribution in [1.29, 1.82) is 0 Å². The van der Waals surface area contributed by atoms with E-state index in [9.17, 15) is 0 Å². The molecule has 0 bridgehead atoms. The fraction of sp³-hybridized carbons (Fsp3) is 0.200. The Balaban J connectivity index is 1.92. The van der Waals surface area contributed by atoms with Crippen molar-refractivity contribution in [3.63, 3.8) is 0 Å². The highest BCUT2D eigenvalue weighted by molar-refractivity contribution is 9.11. The lowest BCUT2D eigenvalue weighted by Gasteiger charge is -2.13. The first-order valence-electron chi connectivity index (χ1n) is 6.65. The minimum atomic E-state index is -0.0825. The molecule has 0 spiro atoms. The van der Waals surface area contributed by atoms with Crippen LogP contribution < -0.4 is 5.32 Å². The van der Waals surface area contributed by atoms with E-state index < -0.39 is 0 Å². The molecule has 0 saturated carbocycles. The summed E-state index contributed by atoms with van der Waals surface area (Å²) >= 11 is 5.02. The molecule has 21 heavy (non-hydrogen) atoms. The van der Waals surface area contributed by atoms with Gasteiger partial charge in [0.25, 0.3) is 5.89 Å². The molecular formula is C15H14BrN3OS. The fourth-order valence-electron chi connectivity index (χ4n) is 2.08. The summed E-state index contributed by atoms with van der Waals surface area (Å²) in [7, 11) is 0. The van der Waals surface area contributed by atoms with Crippen LogP contribution in [0.5, 0.6) is 0 Å². The van der Waals surface area contributed by atoms with Gasteiger partial charge in [0.15, 0.2) is 0 Å². The fourth-order valence-corrected chi connectivity index (χ4v) is 3.38. The number of aromatic nitrogens is 2. The monoisotopic (exact) mass is 363 g/mol. The van der Waals surface area contributed by atoms with E-state index in [4.69, 9.17) is 4.42 Å². The number of rotatable bonds is 5. The van der Waals surface area contributed by atoms with Crippen molar-refractivity contribution in [2.45, 2.75) is 13.0 Å². The third-order valence-electron chi connectivity index (χ3n) is 3.01. The zero-order chi connectivity index (χ0) is 14.7. The summed E-state index contributed by atoms with van der Waals surface area (Å²) in [5, 5.41) is 11.8. The highest BCUT2D eigenvalue weighted by atomic mass is 79.9. The van der Waals surface area contributed by atoms with Crippen LogP contribution in [0.15, 0.2) is 50.7 Å². The summed E-state index contributed by atoms with van der Waals surface area (Å²) in [6.07, 6.45) is 0. The van der Waals surface area contributed by atoms with Gasteiger partial charge in [0.05, 0.1) is 8.66 Å².